The van der Waals surface area contributed by atoms with Crippen molar-refractivity contribution in [1.82, 2.24) is 0 Å². The first-order chi connectivity index (χ1) is 9.06. The predicted octanol–water partition coefficient (Wildman–Crippen LogP) is 5.17. The summed E-state index contributed by atoms with van der Waals surface area (Å²) >= 11 is 0. The van der Waals surface area contributed by atoms with Crippen molar-refractivity contribution in [3.63, 3.8) is 0 Å². The van der Waals surface area contributed by atoms with Crippen LogP contribution in [0, 0.1) is 5.41 Å². The Morgan fingerprint density at radius 2 is 1.79 bits per heavy atom. The molecule has 0 unspecified atom stereocenters. The number of rotatable bonds is 1. The van der Waals surface area contributed by atoms with Gasteiger partial charge in [0, 0.05) is 0 Å². The van der Waals surface area contributed by atoms with Crippen molar-refractivity contribution >= 4 is 13.4 Å². The van der Waals surface area contributed by atoms with Crippen LogP contribution in [0.3, 0.4) is 0 Å². The molecule has 0 N–H and O–H groups in total. The molecule has 0 aliphatic carbocycles. The fourth-order valence-electron chi connectivity index (χ4n) is 2.69. The lowest BCUT2D eigenvalue weighted by atomic mass is 9.69. The van der Waals surface area contributed by atoms with Gasteiger partial charge in [0.2, 0.25) is 0 Å². The van der Waals surface area contributed by atoms with Crippen LogP contribution in [0.25, 0.3) is 6.08 Å². The Kier molecular flexibility index (Phi) is 4.90. The van der Waals surface area contributed by atoms with Crippen molar-refractivity contribution in [2.75, 3.05) is 0 Å². The lowest BCUT2D eigenvalue weighted by Crippen LogP contribution is -2.00. The summed E-state index contributed by atoms with van der Waals surface area (Å²) in [6.07, 6.45) is 12.3. The summed E-state index contributed by atoms with van der Waals surface area (Å²) in [6.45, 7) is 6.78. The van der Waals surface area contributed by atoms with Crippen molar-refractivity contribution in [2.24, 2.45) is 5.41 Å². The van der Waals surface area contributed by atoms with E-state index in [1.807, 2.05) is 0 Å². The van der Waals surface area contributed by atoms with E-state index in [4.69, 9.17) is 0 Å². The molecule has 0 nitrogen and oxygen atoms in total. The predicted molar refractivity (Wildman–Crippen MR) is 86.9 cm³/mol. The van der Waals surface area contributed by atoms with Gasteiger partial charge in [-0.05, 0) is 34.9 Å². The highest BCUT2D eigenvalue weighted by atomic mass is 14.1. The molecule has 1 aromatic rings. The highest BCUT2D eigenvalue weighted by Crippen LogP contribution is 2.25. The van der Waals surface area contributed by atoms with E-state index in [0.29, 0.717) is 0 Å². The minimum atomic E-state index is 0.259. The van der Waals surface area contributed by atoms with Crippen LogP contribution in [-0.2, 0) is 12.8 Å². The van der Waals surface area contributed by atoms with E-state index in [-0.39, 0.29) is 5.41 Å². The Morgan fingerprint density at radius 1 is 1.05 bits per heavy atom. The zero-order valence-corrected chi connectivity index (χ0v) is 12.7. The third-order valence-corrected chi connectivity index (χ3v) is 3.76. The first-order valence-corrected chi connectivity index (χ1v) is 7.68. The molecule has 1 aliphatic heterocycles. The Balaban J connectivity index is 2.29. The molecule has 1 heteroatoms. The quantitative estimate of drug-likeness (QED) is 0.606. The molecule has 0 amide bonds. The Hall–Kier alpha value is -0.975. The largest absolute Gasteiger partial charge is 0.109 e. The highest BCUT2D eigenvalue weighted by Gasteiger charge is 2.10. The molecular formula is C18H26B. The molecule has 0 saturated carbocycles. The third kappa shape index (κ3) is 4.56. The topological polar surface area (TPSA) is 0 Å². The number of benzene rings is 1. The minimum absolute atomic E-state index is 0.259. The summed E-state index contributed by atoms with van der Waals surface area (Å²) in [5.74, 6) is 0. The summed E-state index contributed by atoms with van der Waals surface area (Å²) < 4.78 is 0. The molecule has 101 valence electrons. The second-order valence-electron chi connectivity index (χ2n) is 6.76. The van der Waals surface area contributed by atoms with Crippen LogP contribution in [0.1, 0.15) is 50.3 Å². The van der Waals surface area contributed by atoms with Gasteiger partial charge >= 0.3 is 0 Å². The average Bonchev–Trinajstić information content (AvgIpc) is 2.46. The fraction of sp³-hybridized carbons (Fsp3) is 0.556. The zero-order valence-electron chi connectivity index (χ0n) is 12.7. The normalized spacial score (nSPS) is 17.2. The molecule has 1 aromatic carbocycles. The number of aryl methyl sites for hydroxylation is 1. The maximum Gasteiger partial charge on any atom is 0.109 e. The summed E-state index contributed by atoms with van der Waals surface area (Å²) in [7, 11) is 2.47. The van der Waals surface area contributed by atoms with E-state index in [1.54, 1.807) is 11.1 Å². The van der Waals surface area contributed by atoms with Gasteiger partial charge in [-0.2, -0.15) is 0 Å². The molecule has 0 fully saturated rings. The van der Waals surface area contributed by atoms with Crippen molar-refractivity contribution in [1.29, 1.82) is 0 Å². The van der Waals surface area contributed by atoms with Gasteiger partial charge in [0.15, 0.2) is 0 Å². The van der Waals surface area contributed by atoms with Crippen molar-refractivity contribution in [3.8, 4) is 0 Å². The van der Waals surface area contributed by atoms with Crippen LogP contribution in [0.4, 0.5) is 0 Å². The Bertz CT molecular complexity index is 437. The van der Waals surface area contributed by atoms with Gasteiger partial charge < -0.3 is 0 Å². The van der Waals surface area contributed by atoms with Gasteiger partial charge in [0.05, 0.1) is 0 Å². The summed E-state index contributed by atoms with van der Waals surface area (Å²) in [6, 6.07) is 6.83. The number of hydrogen-bond acceptors (Lipinski definition) is 0. The van der Waals surface area contributed by atoms with Gasteiger partial charge in [0.25, 0.3) is 0 Å². The smallest absolute Gasteiger partial charge is 0.0800 e. The van der Waals surface area contributed by atoms with Crippen molar-refractivity contribution in [3.05, 3.63) is 41.0 Å². The van der Waals surface area contributed by atoms with Gasteiger partial charge in [-0.3, -0.25) is 0 Å². The standard InChI is InChI=1S/C18H26B/c1-18(2,3)12-11-16-8-4-7-15-9-5-13-19-14-6-10-17(15)16/h4,7-8,11-12H,5-6,9-10,13-14H2,1-3H3/b12-11+. The molecular weight excluding hydrogens is 227 g/mol. The maximum absolute atomic E-state index is 2.47. The summed E-state index contributed by atoms with van der Waals surface area (Å²) in [5, 5.41) is 0. The van der Waals surface area contributed by atoms with Crippen molar-refractivity contribution < 1.29 is 0 Å². The number of allylic oxidation sites excluding steroid dienone is 1. The molecule has 0 spiro atoms. The summed E-state index contributed by atoms with van der Waals surface area (Å²) in [4.78, 5) is 0. The number of hydrogen-bond donors (Lipinski definition) is 0. The lowest BCUT2D eigenvalue weighted by molar-refractivity contribution is 0.547. The maximum atomic E-state index is 2.47. The molecule has 1 aliphatic rings. The highest BCUT2D eigenvalue weighted by molar-refractivity contribution is 6.35. The third-order valence-electron chi connectivity index (χ3n) is 3.76. The van der Waals surface area contributed by atoms with Gasteiger partial charge in [-0.1, -0.05) is 76.6 Å². The molecule has 19 heavy (non-hydrogen) atoms. The van der Waals surface area contributed by atoms with Crippen LogP contribution in [0.2, 0.25) is 12.6 Å². The van der Waals surface area contributed by atoms with Crippen LogP contribution in [0.15, 0.2) is 24.3 Å². The SMILES string of the molecule is CC(C)(C)/C=C/c1cccc2c1CCC[B]CCC2. The van der Waals surface area contributed by atoms with Gasteiger partial charge in [-0.25, -0.2) is 0 Å². The monoisotopic (exact) mass is 253 g/mol. The van der Waals surface area contributed by atoms with E-state index in [2.05, 4.69) is 58.4 Å². The van der Waals surface area contributed by atoms with Gasteiger partial charge in [-0.15, -0.1) is 0 Å². The second-order valence-corrected chi connectivity index (χ2v) is 6.76. The molecule has 2 rings (SSSR count). The Morgan fingerprint density at radius 3 is 2.53 bits per heavy atom. The van der Waals surface area contributed by atoms with Crippen molar-refractivity contribution in [2.45, 2.75) is 59.1 Å². The average molecular weight is 253 g/mol. The van der Waals surface area contributed by atoms with Gasteiger partial charge in [0.1, 0.15) is 7.28 Å². The van der Waals surface area contributed by atoms with E-state index < -0.39 is 0 Å². The first kappa shape index (κ1) is 14.4. The Labute approximate surface area is 119 Å². The fourth-order valence-corrected chi connectivity index (χ4v) is 2.69. The lowest BCUT2D eigenvalue weighted by Gasteiger charge is -2.14. The van der Waals surface area contributed by atoms with Crippen LogP contribution in [-0.4, -0.2) is 7.28 Å². The number of fused-ring (bicyclic) bond motifs is 1. The van der Waals surface area contributed by atoms with Crippen LogP contribution < -0.4 is 0 Å². The van der Waals surface area contributed by atoms with Crippen LogP contribution >= 0.6 is 0 Å². The molecule has 0 aromatic heterocycles. The summed E-state index contributed by atoms with van der Waals surface area (Å²) in [5.41, 5.74) is 4.87. The van der Waals surface area contributed by atoms with E-state index in [0.717, 1.165) is 0 Å². The molecule has 1 heterocycles. The zero-order chi connectivity index (χ0) is 13.7. The van der Waals surface area contributed by atoms with Crippen LogP contribution in [0.5, 0.6) is 0 Å². The van der Waals surface area contributed by atoms with E-state index in [1.165, 1.54) is 43.9 Å². The second kappa shape index (κ2) is 6.46. The molecule has 0 atom stereocenters. The molecule has 0 saturated heterocycles. The van der Waals surface area contributed by atoms with E-state index in [9.17, 15) is 0 Å². The molecule has 0 bridgehead atoms. The minimum Gasteiger partial charge on any atom is -0.0800 e. The molecule has 1 radical (unpaired) electrons. The first-order valence-electron chi connectivity index (χ1n) is 7.68. The van der Waals surface area contributed by atoms with E-state index >= 15 is 0 Å².